The molecule has 1 saturated heterocycles. The van der Waals surface area contributed by atoms with E-state index < -0.39 is 5.60 Å². The van der Waals surface area contributed by atoms with E-state index >= 15 is 0 Å². The molecule has 0 radical (unpaired) electrons. The Bertz CT molecular complexity index is 542. The SMILES string of the molecule is CCn1ccnc(N2CCC3(O)CCCCC3C2)c1=O. The van der Waals surface area contributed by atoms with Crippen LogP contribution in [0.2, 0.25) is 0 Å². The molecule has 2 fully saturated rings. The quantitative estimate of drug-likeness (QED) is 0.887. The van der Waals surface area contributed by atoms with Gasteiger partial charge in [0.25, 0.3) is 5.56 Å². The van der Waals surface area contributed by atoms with E-state index in [0.29, 0.717) is 12.4 Å². The van der Waals surface area contributed by atoms with Crippen LogP contribution in [0.5, 0.6) is 0 Å². The minimum Gasteiger partial charge on any atom is -0.389 e. The van der Waals surface area contributed by atoms with Crippen LogP contribution in [0.1, 0.15) is 39.0 Å². The number of aryl methyl sites for hydroxylation is 1. The highest BCUT2D eigenvalue weighted by Gasteiger charge is 2.43. The molecule has 2 aliphatic rings. The molecule has 1 saturated carbocycles. The van der Waals surface area contributed by atoms with E-state index in [1.807, 2.05) is 6.92 Å². The fourth-order valence-corrected chi connectivity index (χ4v) is 3.66. The zero-order valence-electron chi connectivity index (χ0n) is 12.1. The average molecular weight is 277 g/mol. The van der Waals surface area contributed by atoms with Crippen LogP contribution in [-0.4, -0.2) is 33.3 Å². The van der Waals surface area contributed by atoms with Crippen molar-refractivity contribution in [1.29, 1.82) is 0 Å². The van der Waals surface area contributed by atoms with Crippen LogP contribution >= 0.6 is 0 Å². The zero-order chi connectivity index (χ0) is 14.2. The van der Waals surface area contributed by atoms with Crippen molar-refractivity contribution in [2.75, 3.05) is 18.0 Å². The lowest BCUT2D eigenvalue weighted by Crippen LogP contribution is -2.54. The van der Waals surface area contributed by atoms with Gasteiger partial charge in [-0.15, -0.1) is 0 Å². The maximum Gasteiger partial charge on any atom is 0.293 e. The lowest BCUT2D eigenvalue weighted by atomic mass is 9.71. The molecule has 1 N–H and O–H groups in total. The van der Waals surface area contributed by atoms with Crippen LogP contribution in [0, 0.1) is 5.92 Å². The normalized spacial score (nSPS) is 30.1. The van der Waals surface area contributed by atoms with E-state index in [1.54, 1.807) is 17.0 Å². The predicted molar refractivity (Wildman–Crippen MR) is 77.9 cm³/mol. The smallest absolute Gasteiger partial charge is 0.293 e. The van der Waals surface area contributed by atoms with Crippen molar-refractivity contribution in [3.63, 3.8) is 0 Å². The molecule has 0 amide bonds. The maximum absolute atomic E-state index is 12.3. The summed E-state index contributed by atoms with van der Waals surface area (Å²) in [4.78, 5) is 18.7. The molecule has 1 aliphatic heterocycles. The molecule has 110 valence electrons. The van der Waals surface area contributed by atoms with Gasteiger partial charge < -0.3 is 14.6 Å². The van der Waals surface area contributed by atoms with Crippen LogP contribution in [0.15, 0.2) is 17.2 Å². The van der Waals surface area contributed by atoms with Crippen molar-refractivity contribution in [2.24, 2.45) is 5.92 Å². The standard InChI is InChI=1S/C15H23N3O2/c1-2-17-10-8-16-13(14(17)19)18-9-7-15(20)6-4-3-5-12(15)11-18/h8,10,12,20H,2-7,9,11H2,1H3. The molecule has 2 unspecified atom stereocenters. The molecule has 20 heavy (non-hydrogen) atoms. The van der Waals surface area contributed by atoms with Crippen LogP contribution < -0.4 is 10.5 Å². The summed E-state index contributed by atoms with van der Waals surface area (Å²) in [6, 6.07) is 0. The second kappa shape index (κ2) is 5.20. The maximum atomic E-state index is 12.3. The van der Waals surface area contributed by atoms with Gasteiger partial charge in [-0.2, -0.15) is 0 Å². The summed E-state index contributed by atoms with van der Waals surface area (Å²) in [5, 5.41) is 10.7. The number of nitrogens with zero attached hydrogens (tertiary/aromatic N) is 3. The molecular weight excluding hydrogens is 254 g/mol. The number of piperidine rings is 1. The molecule has 0 aromatic carbocycles. The monoisotopic (exact) mass is 277 g/mol. The van der Waals surface area contributed by atoms with Crippen LogP contribution in [0.3, 0.4) is 0 Å². The summed E-state index contributed by atoms with van der Waals surface area (Å²) >= 11 is 0. The number of hydrogen-bond donors (Lipinski definition) is 1. The summed E-state index contributed by atoms with van der Waals surface area (Å²) in [5.74, 6) is 0.823. The van der Waals surface area contributed by atoms with E-state index in [4.69, 9.17) is 0 Å². The lowest BCUT2D eigenvalue weighted by molar-refractivity contribution is -0.0614. The largest absolute Gasteiger partial charge is 0.389 e. The van der Waals surface area contributed by atoms with Crippen molar-refractivity contribution in [3.8, 4) is 0 Å². The number of fused-ring (bicyclic) bond motifs is 1. The van der Waals surface area contributed by atoms with Crippen LogP contribution in [0.4, 0.5) is 5.82 Å². The predicted octanol–water partition coefficient (Wildman–Crippen LogP) is 1.39. The Labute approximate surface area is 119 Å². The van der Waals surface area contributed by atoms with Gasteiger partial charge in [0.15, 0.2) is 5.82 Å². The molecule has 1 aromatic rings. The summed E-state index contributed by atoms with van der Waals surface area (Å²) in [7, 11) is 0. The number of aromatic nitrogens is 2. The molecule has 0 bridgehead atoms. The zero-order valence-corrected chi connectivity index (χ0v) is 12.1. The van der Waals surface area contributed by atoms with Gasteiger partial charge in [-0.3, -0.25) is 4.79 Å². The Morgan fingerprint density at radius 2 is 2.30 bits per heavy atom. The Hall–Kier alpha value is -1.36. The molecule has 1 aliphatic carbocycles. The lowest BCUT2D eigenvalue weighted by Gasteiger charge is -2.47. The number of rotatable bonds is 2. The topological polar surface area (TPSA) is 58.4 Å². The van der Waals surface area contributed by atoms with Gasteiger partial charge in [0.1, 0.15) is 0 Å². The molecule has 2 heterocycles. The third-order valence-corrected chi connectivity index (χ3v) is 4.96. The Morgan fingerprint density at radius 1 is 1.45 bits per heavy atom. The first-order chi connectivity index (χ1) is 9.64. The van der Waals surface area contributed by atoms with Crippen molar-refractivity contribution >= 4 is 5.82 Å². The molecule has 0 spiro atoms. The molecule has 2 atom stereocenters. The van der Waals surface area contributed by atoms with E-state index in [1.165, 1.54) is 6.42 Å². The van der Waals surface area contributed by atoms with Crippen molar-refractivity contribution in [3.05, 3.63) is 22.7 Å². The third kappa shape index (κ3) is 2.24. The summed E-state index contributed by atoms with van der Waals surface area (Å²) in [5.41, 5.74) is -0.524. The highest BCUT2D eigenvalue weighted by atomic mass is 16.3. The second-order valence-corrected chi connectivity index (χ2v) is 6.08. The minimum atomic E-state index is -0.507. The molecule has 3 rings (SSSR count). The number of hydrogen-bond acceptors (Lipinski definition) is 4. The van der Waals surface area contributed by atoms with E-state index in [0.717, 1.165) is 38.8 Å². The van der Waals surface area contributed by atoms with Crippen LogP contribution in [0.25, 0.3) is 0 Å². The van der Waals surface area contributed by atoms with Gasteiger partial charge in [-0.25, -0.2) is 4.98 Å². The van der Waals surface area contributed by atoms with Gasteiger partial charge in [-0.1, -0.05) is 12.8 Å². The minimum absolute atomic E-state index is 0.0174. The molecular formula is C15H23N3O2. The molecule has 1 aromatic heterocycles. The van der Waals surface area contributed by atoms with Crippen molar-refractivity contribution in [2.45, 2.75) is 51.2 Å². The fourth-order valence-electron chi connectivity index (χ4n) is 3.66. The molecule has 5 nitrogen and oxygen atoms in total. The average Bonchev–Trinajstić information content (AvgIpc) is 2.47. The summed E-state index contributed by atoms with van der Waals surface area (Å²) in [6.07, 6.45) is 8.45. The number of aliphatic hydroxyl groups is 1. The van der Waals surface area contributed by atoms with Gasteiger partial charge >= 0.3 is 0 Å². The van der Waals surface area contributed by atoms with Gasteiger partial charge in [0, 0.05) is 37.9 Å². The third-order valence-electron chi connectivity index (χ3n) is 4.96. The Balaban J connectivity index is 1.85. The van der Waals surface area contributed by atoms with Gasteiger partial charge in [-0.05, 0) is 26.2 Å². The van der Waals surface area contributed by atoms with E-state index in [9.17, 15) is 9.90 Å². The van der Waals surface area contributed by atoms with Crippen molar-refractivity contribution in [1.82, 2.24) is 9.55 Å². The Kier molecular flexibility index (Phi) is 3.54. The van der Waals surface area contributed by atoms with Crippen molar-refractivity contribution < 1.29 is 5.11 Å². The molecule has 5 heteroatoms. The summed E-state index contributed by atoms with van der Waals surface area (Å²) < 4.78 is 1.68. The van der Waals surface area contributed by atoms with Crippen LogP contribution in [-0.2, 0) is 6.54 Å². The highest BCUT2D eigenvalue weighted by molar-refractivity contribution is 5.37. The fraction of sp³-hybridized carbons (Fsp3) is 0.733. The highest BCUT2D eigenvalue weighted by Crippen LogP contribution is 2.40. The first kappa shape index (κ1) is 13.6. The van der Waals surface area contributed by atoms with Gasteiger partial charge in [0.2, 0.25) is 0 Å². The Morgan fingerprint density at radius 3 is 3.10 bits per heavy atom. The first-order valence-electron chi connectivity index (χ1n) is 7.67. The van der Waals surface area contributed by atoms with E-state index in [-0.39, 0.29) is 11.5 Å². The number of anilines is 1. The van der Waals surface area contributed by atoms with E-state index in [2.05, 4.69) is 9.88 Å². The second-order valence-electron chi connectivity index (χ2n) is 6.08. The first-order valence-corrected chi connectivity index (χ1v) is 7.67. The summed E-state index contributed by atoms with van der Waals surface area (Å²) in [6.45, 7) is 4.10. The van der Waals surface area contributed by atoms with Gasteiger partial charge in [0.05, 0.1) is 5.60 Å².